The lowest BCUT2D eigenvalue weighted by Gasteiger charge is -2.29. The minimum absolute atomic E-state index is 0.326. The van der Waals surface area contributed by atoms with Gasteiger partial charge in [-0.15, -0.1) is 0 Å². The fraction of sp³-hybridized carbons (Fsp3) is 0.308. The van der Waals surface area contributed by atoms with Crippen molar-refractivity contribution in [3.63, 3.8) is 0 Å². The van der Waals surface area contributed by atoms with E-state index in [1.165, 1.54) is 54.7 Å². The van der Waals surface area contributed by atoms with Gasteiger partial charge in [0.15, 0.2) is 0 Å². The maximum Gasteiger partial charge on any atom is 0.0505 e. The zero-order chi connectivity index (χ0) is 20.5. The van der Waals surface area contributed by atoms with Crippen LogP contribution in [0, 0.1) is 0 Å². The molecular weight excluding hydrogens is 486 g/mol. The van der Waals surface area contributed by atoms with Crippen molar-refractivity contribution in [3.05, 3.63) is 88.9 Å². The van der Waals surface area contributed by atoms with Crippen LogP contribution in [0.3, 0.4) is 0 Å². The van der Waals surface area contributed by atoms with Crippen molar-refractivity contribution < 1.29 is 0 Å². The molecule has 152 valence electrons. The minimum Gasteiger partial charge on any atom is -0.310 e. The average Bonchev–Trinajstić information content (AvgIpc) is 2.76. The van der Waals surface area contributed by atoms with Crippen LogP contribution >= 0.6 is 31.9 Å². The van der Waals surface area contributed by atoms with Gasteiger partial charge in [-0.25, -0.2) is 0 Å². The third kappa shape index (κ3) is 6.20. The van der Waals surface area contributed by atoms with Crippen LogP contribution in [0.15, 0.2) is 83.3 Å². The Bertz CT molecular complexity index is 825. The van der Waals surface area contributed by atoms with E-state index in [0.29, 0.717) is 4.83 Å². The summed E-state index contributed by atoms with van der Waals surface area (Å²) in [5, 5.41) is 0. The number of hydrogen-bond acceptors (Lipinski definition) is 1. The van der Waals surface area contributed by atoms with Crippen LogP contribution in [-0.2, 0) is 0 Å². The van der Waals surface area contributed by atoms with Gasteiger partial charge >= 0.3 is 0 Å². The number of alkyl halides is 1. The smallest absolute Gasteiger partial charge is 0.0505 e. The molecule has 0 bridgehead atoms. The first-order valence-corrected chi connectivity index (χ1v) is 12.3. The highest BCUT2D eigenvalue weighted by molar-refractivity contribution is 9.10. The summed E-state index contributed by atoms with van der Waals surface area (Å²) in [6.45, 7) is 2.27. The molecule has 1 nitrogen and oxygen atoms in total. The van der Waals surface area contributed by atoms with Crippen molar-refractivity contribution in [1.82, 2.24) is 0 Å². The van der Waals surface area contributed by atoms with E-state index >= 15 is 0 Å². The second kappa shape index (κ2) is 11.6. The van der Waals surface area contributed by atoms with Gasteiger partial charge in [-0.2, -0.15) is 0 Å². The molecule has 3 aromatic carbocycles. The molecule has 29 heavy (non-hydrogen) atoms. The molecule has 0 aliphatic rings. The number of hydrogen-bond donors (Lipinski definition) is 0. The Labute approximate surface area is 192 Å². The van der Waals surface area contributed by atoms with Crippen molar-refractivity contribution in [2.45, 2.75) is 50.3 Å². The molecule has 0 saturated heterocycles. The molecule has 0 spiro atoms. The Morgan fingerprint density at radius 1 is 0.759 bits per heavy atom. The van der Waals surface area contributed by atoms with Crippen molar-refractivity contribution in [1.29, 1.82) is 0 Å². The van der Waals surface area contributed by atoms with Gasteiger partial charge in [-0.3, -0.25) is 0 Å². The van der Waals surface area contributed by atoms with E-state index in [4.69, 9.17) is 0 Å². The Kier molecular flexibility index (Phi) is 8.82. The Morgan fingerprint density at radius 3 is 1.93 bits per heavy atom. The molecule has 0 amide bonds. The summed E-state index contributed by atoms with van der Waals surface area (Å²) < 4.78 is 1.12. The molecule has 0 fully saturated rings. The van der Waals surface area contributed by atoms with Crippen LogP contribution in [-0.4, -0.2) is 0 Å². The molecule has 0 heterocycles. The second-order valence-electron chi connectivity index (χ2n) is 7.38. The molecule has 0 N–H and O–H groups in total. The monoisotopic (exact) mass is 513 g/mol. The van der Waals surface area contributed by atoms with Crippen LogP contribution in [0.4, 0.5) is 17.1 Å². The van der Waals surface area contributed by atoms with E-state index in [1.54, 1.807) is 0 Å². The van der Waals surface area contributed by atoms with Crippen LogP contribution in [0.2, 0.25) is 0 Å². The highest BCUT2D eigenvalue weighted by Gasteiger charge is 2.20. The number of halogens is 2. The molecule has 1 atom stereocenters. The Hall–Kier alpha value is -1.58. The Balaban J connectivity index is 1.94. The quantitative estimate of drug-likeness (QED) is 0.192. The predicted octanol–water partition coefficient (Wildman–Crippen LogP) is 9.72. The topological polar surface area (TPSA) is 3.24 Å². The van der Waals surface area contributed by atoms with E-state index in [-0.39, 0.29) is 0 Å². The number of rotatable bonds is 10. The van der Waals surface area contributed by atoms with Gasteiger partial charge in [0.05, 0.1) is 5.69 Å². The van der Waals surface area contributed by atoms with Crippen molar-refractivity contribution in [2.75, 3.05) is 4.90 Å². The molecule has 0 saturated carbocycles. The van der Waals surface area contributed by atoms with Crippen LogP contribution < -0.4 is 4.90 Å². The molecule has 0 aromatic heterocycles. The van der Waals surface area contributed by atoms with Gasteiger partial charge in [-0.1, -0.05) is 107 Å². The lowest BCUT2D eigenvalue weighted by molar-refractivity contribution is 0.606. The zero-order valence-electron chi connectivity index (χ0n) is 17.0. The zero-order valence-corrected chi connectivity index (χ0v) is 20.2. The number of unbranched alkanes of at least 4 members (excludes halogenated alkanes) is 4. The first-order chi connectivity index (χ1) is 14.2. The molecular formula is C26H29Br2N. The predicted molar refractivity (Wildman–Crippen MR) is 134 cm³/mol. The van der Waals surface area contributed by atoms with Gasteiger partial charge in [0.1, 0.15) is 0 Å². The Morgan fingerprint density at radius 2 is 1.34 bits per heavy atom. The average molecular weight is 515 g/mol. The van der Waals surface area contributed by atoms with Gasteiger partial charge in [0.2, 0.25) is 0 Å². The van der Waals surface area contributed by atoms with Gasteiger partial charge < -0.3 is 4.90 Å². The van der Waals surface area contributed by atoms with E-state index in [1.807, 2.05) is 0 Å². The lowest BCUT2D eigenvalue weighted by atomic mass is 10.0. The number of nitrogens with zero attached hydrogens (tertiary/aromatic N) is 1. The highest BCUT2D eigenvalue weighted by atomic mass is 79.9. The van der Waals surface area contributed by atoms with E-state index in [9.17, 15) is 0 Å². The minimum atomic E-state index is 0.326. The number of para-hydroxylation sites is 2. The van der Waals surface area contributed by atoms with Crippen LogP contribution in [0.25, 0.3) is 0 Å². The molecule has 3 aromatic rings. The van der Waals surface area contributed by atoms with Crippen LogP contribution in [0.1, 0.15) is 55.8 Å². The molecule has 0 aliphatic heterocycles. The van der Waals surface area contributed by atoms with Crippen molar-refractivity contribution >= 4 is 48.9 Å². The first kappa shape index (κ1) is 22.1. The SMILES string of the molecule is CCCCCCCC(Br)c1cc(Br)ccc1N(c1ccccc1)c1ccccc1. The summed E-state index contributed by atoms with van der Waals surface area (Å²) in [6.07, 6.45) is 7.66. The molecule has 3 heteroatoms. The third-order valence-electron chi connectivity index (χ3n) is 5.16. The third-order valence-corrected chi connectivity index (χ3v) is 6.60. The summed E-state index contributed by atoms with van der Waals surface area (Å²) >= 11 is 7.70. The molecule has 1 unspecified atom stereocenters. The second-order valence-corrected chi connectivity index (χ2v) is 9.40. The maximum atomic E-state index is 4.01. The first-order valence-electron chi connectivity index (χ1n) is 10.5. The van der Waals surface area contributed by atoms with Crippen molar-refractivity contribution in [3.8, 4) is 0 Å². The molecule has 0 radical (unpaired) electrons. The summed E-state index contributed by atoms with van der Waals surface area (Å²) in [6, 6.07) is 27.9. The summed E-state index contributed by atoms with van der Waals surface area (Å²) in [4.78, 5) is 2.68. The highest BCUT2D eigenvalue weighted by Crippen LogP contribution is 2.43. The summed E-state index contributed by atoms with van der Waals surface area (Å²) in [5.41, 5.74) is 4.89. The molecule has 3 rings (SSSR count). The normalized spacial score (nSPS) is 12.0. The van der Waals surface area contributed by atoms with Crippen molar-refractivity contribution in [2.24, 2.45) is 0 Å². The number of benzene rings is 3. The lowest BCUT2D eigenvalue weighted by Crippen LogP contribution is -2.12. The maximum absolute atomic E-state index is 4.01. The van der Waals surface area contributed by atoms with E-state index in [0.717, 1.165) is 10.9 Å². The van der Waals surface area contributed by atoms with Gasteiger partial charge in [-0.05, 0) is 54.4 Å². The molecule has 0 aliphatic carbocycles. The van der Waals surface area contributed by atoms with Gasteiger partial charge in [0.25, 0.3) is 0 Å². The fourth-order valence-corrected chi connectivity index (χ4v) is 4.71. The van der Waals surface area contributed by atoms with E-state index in [2.05, 4.69) is 123 Å². The largest absolute Gasteiger partial charge is 0.310 e. The standard InChI is InChI=1S/C26H29Br2N/c1-2-3-4-5-12-17-25(28)24-20-21(27)18-19-26(24)29(22-13-8-6-9-14-22)23-15-10-7-11-16-23/h6-11,13-16,18-20,25H,2-5,12,17H2,1H3. The van der Waals surface area contributed by atoms with E-state index < -0.39 is 0 Å². The fourth-order valence-electron chi connectivity index (χ4n) is 3.64. The summed E-state index contributed by atoms with van der Waals surface area (Å²) in [5.74, 6) is 0. The van der Waals surface area contributed by atoms with Crippen LogP contribution in [0.5, 0.6) is 0 Å². The van der Waals surface area contributed by atoms with Gasteiger partial charge in [0, 0.05) is 20.7 Å². The number of anilines is 3. The summed E-state index contributed by atoms with van der Waals surface area (Å²) in [7, 11) is 0.